The lowest BCUT2D eigenvalue weighted by atomic mass is 9.96. The molecule has 2 amide bonds. The van der Waals surface area contributed by atoms with E-state index in [1.807, 2.05) is 0 Å². The summed E-state index contributed by atoms with van der Waals surface area (Å²) in [6.07, 6.45) is 4.90. The van der Waals surface area contributed by atoms with Crippen molar-refractivity contribution in [1.82, 2.24) is 5.32 Å². The standard InChI is InChI=1S/C15H21F3N2O3S/c1-23-14-10(9-21)7-12(24(16,17)18)8-13(14)20-15(22)19-11-5-3-2-4-6-11/h7-8,11,21H,2-6,9H2,1H3,(H2,19,20,22). The van der Waals surface area contributed by atoms with E-state index in [0.29, 0.717) is 0 Å². The first-order valence-corrected chi connectivity index (χ1v) is 9.00. The van der Waals surface area contributed by atoms with Crippen molar-refractivity contribution in [3.8, 4) is 5.75 Å². The van der Waals surface area contributed by atoms with Gasteiger partial charge in [0, 0.05) is 11.6 Å². The summed E-state index contributed by atoms with van der Waals surface area (Å²) in [5.41, 5.74) is -0.120. The smallest absolute Gasteiger partial charge is 0.319 e. The highest BCUT2D eigenvalue weighted by atomic mass is 32.3. The summed E-state index contributed by atoms with van der Waals surface area (Å²) in [5.74, 6) is 0.0312. The quantitative estimate of drug-likeness (QED) is 0.721. The van der Waals surface area contributed by atoms with Gasteiger partial charge in [-0.05, 0) is 25.0 Å². The first kappa shape index (κ1) is 18.7. The van der Waals surface area contributed by atoms with Gasteiger partial charge < -0.3 is 20.5 Å². The van der Waals surface area contributed by atoms with Crippen molar-refractivity contribution in [2.45, 2.75) is 49.6 Å². The van der Waals surface area contributed by atoms with Crippen LogP contribution < -0.4 is 15.4 Å². The number of nitrogens with one attached hydrogen (secondary N) is 2. The van der Waals surface area contributed by atoms with Gasteiger partial charge in [0.1, 0.15) is 5.75 Å². The molecule has 0 aliphatic heterocycles. The van der Waals surface area contributed by atoms with E-state index in [-0.39, 0.29) is 23.0 Å². The Bertz CT molecular complexity index is 590. The molecule has 0 spiro atoms. The highest BCUT2D eigenvalue weighted by Crippen LogP contribution is 2.61. The molecule has 0 heterocycles. The van der Waals surface area contributed by atoms with Crippen LogP contribution in [0.15, 0.2) is 17.0 Å². The van der Waals surface area contributed by atoms with Crippen LogP contribution in [0.2, 0.25) is 0 Å². The van der Waals surface area contributed by atoms with Crippen molar-refractivity contribution in [2.24, 2.45) is 0 Å². The van der Waals surface area contributed by atoms with Crippen molar-refractivity contribution in [1.29, 1.82) is 0 Å². The SMILES string of the molecule is COc1c(CO)cc(S(F)(F)F)cc1NC(=O)NC1CCCCC1. The third kappa shape index (κ3) is 4.70. The fourth-order valence-corrected chi connectivity index (χ4v) is 3.36. The Balaban J connectivity index is 2.21. The summed E-state index contributed by atoms with van der Waals surface area (Å²) in [6, 6.07) is 1.14. The zero-order chi connectivity index (χ0) is 17.7. The predicted octanol–water partition coefficient (Wildman–Crippen LogP) is 4.46. The van der Waals surface area contributed by atoms with Gasteiger partial charge in [-0.1, -0.05) is 19.3 Å². The Morgan fingerprint density at radius 3 is 2.50 bits per heavy atom. The molecular weight excluding hydrogens is 345 g/mol. The lowest BCUT2D eigenvalue weighted by Crippen LogP contribution is -2.39. The largest absolute Gasteiger partial charge is 0.494 e. The second kappa shape index (κ2) is 7.98. The molecule has 0 unspecified atom stereocenters. The zero-order valence-electron chi connectivity index (χ0n) is 13.3. The Morgan fingerprint density at radius 2 is 1.96 bits per heavy atom. The summed E-state index contributed by atoms with van der Waals surface area (Å²) in [4.78, 5) is 11.2. The molecule has 1 aromatic rings. The number of hydrogen-bond donors (Lipinski definition) is 3. The molecule has 2 rings (SSSR count). The molecule has 9 heteroatoms. The minimum absolute atomic E-state index is 0.0206. The number of ether oxygens (including phenoxy) is 1. The van der Waals surface area contributed by atoms with Gasteiger partial charge in [0.05, 0.1) is 24.3 Å². The molecule has 0 radical (unpaired) electrons. The molecule has 24 heavy (non-hydrogen) atoms. The molecule has 0 bridgehead atoms. The second-order valence-corrected chi connectivity index (χ2v) is 6.95. The van der Waals surface area contributed by atoms with Crippen LogP contribution in [-0.4, -0.2) is 24.3 Å². The third-order valence-electron chi connectivity index (χ3n) is 3.97. The lowest BCUT2D eigenvalue weighted by Gasteiger charge is -2.23. The molecule has 3 N–H and O–H groups in total. The molecule has 1 saturated carbocycles. The fourth-order valence-electron chi connectivity index (χ4n) is 2.84. The van der Waals surface area contributed by atoms with E-state index < -0.39 is 28.7 Å². The molecule has 0 aromatic heterocycles. The average Bonchev–Trinajstić information content (AvgIpc) is 2.54. The predicted molar refractivity (Wildman–Crippen MR) is 87.1 cm³/mol. The molecule has 0 atom stereocenters. The Hall–Kier alpha value is -1.61. The highest BCUT2D eigenvalue weighted by Gasteiger charge is 2.28. The zero-order valence-corrected chi connectivity index (χ0v) is 14.1. The number of aliphatic hydroxyl groups excluding tert-OH is 1. The van der Waals surface area contributed by atoms with Crippen molar-refractivity contribution < 1.29 is 26.3 Å². The van der Waals surface area contributed by atoms with Gasteiger partial charge in [-0.25, -0.2) is 4.79 Å². The number of carbonyl (C=O) groups is 1. The number of aliphatic hydroxyl groups is 1. The Morgan fingerprint density at radius 1 is 1.29 bits per heavy atom. The van der Waals surface area contributed by atoms with Gasteiger partial charge in [0.25, 0.3) is 0 Å². The van der Waals surface area contributed by atoms with E-state index in [0.717, 1.165) is 44.2 Å². The fraction of sp³-hybridized carbons (Fsp3) is 0.533. The first-order valence-electron chi connectivity index (χ1n) is 7.66. The van der Waals surface area contributed by atoms with E-state index in [1.54, 1.807) is 0 Å². The Labute approximate surface area is 140 Å². The number of methoxy groups -OCH3 is 1. The van der Waals surface area contributed by atoms with Crippen molar-refractivity contribution in [2.75, 3.05) is 12.4 Å². The van der Waals surface area contributed by atoms with Crippen LogP contribution in [0.25, 0.3) is 0 Å². The molecule has 1 aliphatic rings. The van der Waals surface area contributed by atoms with Crippen LogP contribution in [-0.2, 0) is 6.61 Å². The summed E-state index contributed by atoms with van der Waals surface area (Å²) in [6.45, 7) is -0.620. The van der Waals surface area contributed by atoms with E-state index in [9.17, 15) is 21.6 Å². The van der Waals surface area contributed by atoms with Gasteiger partial charge in [-0.2, -0.15) is 0 Å². The third-order valence-corrected chi connectivity index (χ3v) is 4.74. The second-order valence-electron chi connectivity index (χ2n) is 5.66. The molecule has 1 aliphatic carbocycles. The molecule has 136 valence electrons. The van der Waals surface area contributed by atoms with Crippen molar-refractivity contribution in [3.05, 3.63) is 17.7 Å². The number of hydrogen-bond acceptors (Lipinski definition) is 3. The molecule has 1 aromatic carbocycles. The number of amides is 2. The normalized spacial score (nSPS) is 16.5. The summed E-state index contributed by atoms with van der Waals surface area (Å²) in [5, 5.41) is 14.5. The minimum atomic E-state index is -5.48. The molecule has 1 fully saturated rings. The van der Waals surface area contributed by atoms with E-state index >= 15 is 0 Å². The monoisotopic (exact) mass is 366 g/mol. The maximum absolute atomic E-state index is 13.1. The number of anilines is 1. The summed E-state index contributed by atoms with van der Waals surface area (Å²) < 4.78 is 44.3. The first-order chi connectivity index (χ1) is 11.3. The maximum atomic E-state index is 13.1. The van der Waals surface area contributed by atoms with E-state index in [4.69, 9.17) is 4.74 Å². The average molecular weight is 366 g/mol. The van der Waals surface area contributed by atoms with Crippen LogP contribution >= 0.6 is 11.2 Å². The highest BCUT2D eigenvalue weighted by molar-refractivity contribution is 8.20. The van der Waals surface area contributed by atoms with Gasteiger partial charge in [0.2, 0.25) is 11.2 Å². The van der Waals surface area contributed by atoms with Gasteiger partial charge >= 0.3 is 6.03 Å². The summed E-state index contributed by atoms with van der Waals surface area (Å²) >= 11 is -5.48. The number of carbonyl (C=O) groups excluding carboxylic acids is 1. The number of benzene rings is 1. The molecular formula is C15H21F3N2O3S. The van der Waals surface area contributed by atoms with Crippen LogP contribution in [0.5, 0.6) is 5.75 Å². The number of urea groups is 1. The summed E-state index contributed by atoms with van der Waals surface area (Å²) in [7, 11) is 1.28. The molecule has 5 nitrogen and oxygen atoms in total. The van der Waals surface area contributed by atoms with Crippen LogP contribution in [0.1, 0.15) is 37.7 Å². The topological polar surface area (TPSA) is 70.6 Å². The van der Waals surface area contributed by atoms with E-state index in [2.05, 4.69) is 10.6 Å². The van der Waals surface area contributed by atoms with Crippen molar-refractivity contribution in [3.63, 3.8) is 0 Å². The van der Waals surface area contributed by atoms with E-state index in [1.165, 1.54) is 7.11 Å². The number of halogens is 3. The van der Waals surface area contributed by atoms with Crippen LogP contribution in [0, 0.1) is 0 Å². The van der Waals surface area contributed by atoms with Crippen molar-refractivity contribution >= 4 is 22.9 Å². The van der Waals surface area contributed by atoms with Crippen LogP contribution in [0.3, 0.4) is 0 Å². The Kier molecular flexibility index (Phi) is 6.22. The number of rotatable bonds is 5. The minimum Gasteiger partial charge on any atom is -0.494 e. The maximum Gasteiger partial charge on any atom is 0.319 e. The van der Waals surface area contributed by atoms with Gasteiger partial charge in [0.15, 0.2) is 0 Å². The van der Waals surface area contributed by atoms with Gasteiger partial charge in [-0.15, -0.1) is 11.7 Å². The lowest BCUT2D eigenvalue weighted by molar-refractivity contribution is 0.244. The van der Waals surface area contributed by atoms with Crippen LogP contribution in [0.4, 0.5) is 22.1 Å². The van der Waals surface area contributed by atoms with Gasteiger partial charge in [-0.3, -0.25) is 0 Å². The molecule has 0 saturated heterocycles.